The SMILES string of the molecule is COC(OCc1ccccc1)=C(C)C. The van der Waals surface area contributed by atoms with Crippen molar-refractivity contribution in [2.75, 3.05) is 7.11 Å². The summed E-state index contributed by atoms with van der Waals surface area (Å²) in [6.07, 6.45) is 0. The fraction of sp³-hybridized carbons (Fsp3) is 0.333. The van der Waals surface area contributed by atoms with Crippen LogP contribution >= 0.6 is 0 Å². The zero-order chi connectivity index (χ0) is 10.4. The lowest BCUT2D eigenvalue weighted by molar-refractivity contribution is 0.0490. The number of ether oxygens (including phenoxy) is 2. The molecule has 2 heteroatoms. The summed E-state index contributed by atoms with van der Waals surface area (Å²) in [7, 11) is 1.62. The van der Waals surface area contributed by atoms with Gasteiger partial charge in [-0.2, -0.15) is 0 Å². The number of rotatable bonds is 4. The van der Waals surface area contributed by atoms with Gasteiger partial charge in [-0.15, -0.1) is 0 Å². The molecule has 0 heterocycles. The lowest BCUT2D eigenvalue weighted by atomic mass is 10.2. The summed E-state index contributed by atoms with van der Waals surface area (Å²) >= 11 is 0. The van der Waals surface area contributed by atoms with Gasteiger partial charge in [0.1, 0.15) is 6.61 Å². The Balaban J connectivity index is 2.53. The molecular weight excluding hydrogens is 176 g/mol. The smallest absolute Gasteiger partial charge is 0.277 e. The van der Waals surface area contributed by atoms with E-state index in [4.69, 9.17) is 9.47 Å². The van der Waals surface area contributed by atoms with E-state index in [0.717, 1.165) is 11.1 Å². The van der Waals surface area contributed by atoms with E-state index in [-0.39, 0.29) is 0 Å². The Hall–Kier alpha value is -1.44. The first-order valence-corrected chi connectivity index (χ1v) is 4.62. The molecule has 0 fully saturated rings. The van der Waals surface area contributed by atoms with Crippen molar-refractivity contribution in [3.8, 4) is 0 Å². The van der Waals surface area contributed by atoms with E-state index in [0.29, 0.717) is 12.6 Å². The van der Waals surface area contributed by atoms with Crippen LogP contribution in [0.1, 0.15) is 19.4 Å². The number of methoxy groups -OCH3 is 1. The van der Waals surface area contributed by atoms with Gasteiger partial charge in [-0.25, -0.2) is 0 Å². The van der Waals surface area contributed by atoms with Crippen molar-refractivity contribution >= 4 is 0 Å². The van der Waals surface area contributed by atoms with E-state index in [9.17, 15) is 0 Å². The Bertz CT molecular complexity index is 297. The summed E-state index contributed by atoms with van der Waals surface area (Å²) < 4.78 is 10.6. The van der Waals surface area contributed by atoms with Gasteiger partial charge in [-0.05, 0) is 19.4 Å². The van der Waals surface area contributed by atoms with E-state index in [1.807, 2.05) is 44.2 Å². The van der Waals surface area contributed by atoms with Crippen LogP contribution in [0.25, 0.3) is 0 Å². The summed E-state index contributed by atoms with van der Waals surface area (Å²) in [6.45, 7) is 4.48. The van der Waals surface area contributed by atoms with E-state index in [2.05, 4.69) is 0 Å². The largest absolute Gasteiger partial charge is 0.469 e. The Labute approximate surface area is 85.2 Å². The quantitative estimate of drug-likeness (QED) is 0.682. The third kappa shape index (κ3) is 3.13. The van der Waals surface area contributed by atoms with Gasteiger partial charge < -0.3 is 9.47 Å². The molecule has 0 N–H and O–H groups in total. The minimum atomic E-state index is 0.551. The molecule has 0 bridgehead atoms. The van der Waals surface area contributed by atoms with Crippen LogP contribution in [0.15, 0.2) is 41.9 Å². The van der Waals surface area contributed by atoms with Gasteiger partial charge >= 0.3 is 0 Å². The van der Waals surface area contributed by atoms with Gasteiger partial charge in [0.05, 0.1) is 7.11 Å². The summed E-state index contributed by atoms with van der Waals surface area (Å²) in [4.78, 5) is 0. The van der Waals surface area contributed by atoms with Crippen molar-refractivity contribution in [3.63, 3.8) is 0 Å². The van der Waals surface area contributed by atoms with Crippen LogP contribution in [0.5, 0.6) is 0 Å². The zero-order valence-corrected chi connectivity index (χ0v) is 8.91. The second-order valence-corrected chi connectivity index (χ2v) is 3.27. The van der Waals surface area contributed by atoms with Crippen LogP contribution in [0.4, 0.5) is 0 Å². The van der Waals surface area contributed by atoms with Crippen LogP contribution in [-0.4, -0.2) is 7.11 Å². The molecule has 14 heavy (non-hydrogen) atoms. The maximum Gasteiger partial charge on any atom is 0.277 e. The first-order chi connectivity index (χ1) is 6.74. The zero-order valence-electron chi connectivity index (χ0n) is 8.91. The number of benzene rings is 1. The van der Waals surface area contributed by atoms with Crippen LogP contribution in [0.2, 0.25) is 0 Å². The minimum absolute atomic E-state index is 0.551. The van der Waals surface area contributed by atoms with Crippen molar-refractivity contribution in [1.82, 2.24) is 0 Å². The molecule has 0 saturated carbocycles. The Morgan fingerprint density at radius 2 is 1.79 bits per heavy atom. The normalized spacial score (nSPS) is 9.36. The molecule has 0 aliphatic carbocycles. The maximum atomic E-state index is 5.50. The first kappa shape index (κ1) is 10.6. The Kier molecular flexibility index (Phi) is 4.05. The number of allylic oxidation sites excluding steroid dienone is 1. The second kappa shape index (κ2) is 5.32. The van der Waals surface area contributed by atoms with Gasteiger partial charge in [-0.1, -0.05) is 30.3 Å². The molecule has 1 aromatic rings. The summed E-state index contributed by atoms with van der Waals surface area (Å²) in [5.74, 6) is 0.605. The average Bonchev–Trinajstić information content (AvgIpc) is 2.20. The minimum Gasteiger partial charge on any atom is -0.469 e. The highest BCUT2D eigenvalue weighted by molar-refractivity contribution is 5.13. The molecule has 1 rings (SSSR count). The standard InChI is InChI=1S/C12H16O2/c1-10(2)12(13-3)14-9-11-7-5-4-6-8-11/h4-8H,9H2,1-3H3. The Morgan fingerprint density at radius 3 is 2.29 bits per heavy atom. The molecule has 0 amide bonds. The molecule has 0 saturated heterocycles. The van der Waals surface area contributed by atoms with E-state index < -0.39 is 0 Å². The van der Waals surface area contributed by atoms with Crippen LogP contribution < -0.4 is 0 Å². The molecule has 0 aliphatic heterocycles. The molecular formula is C12H16O2. The molecule has 0 spiro atoms. The third-order valence-electron chi connectivity index (χ3n) is 1.81. The lowest BCUT2D eigenvalue weighted by Crippen LogP contribution is -1.97. The Morgan fingerprint density at radius 1 is 1.14 bits per heavy atom. The van der Waals surface area contributed by atoms with Gasteiger partial charge in [0, 0.05) is 5.57 Å². The average molecular weight is 192 g/mol. The molecule has 0 unspecified atom stereocenters. The topological polar surface area (TPSA) is 18.5 Å². The fourth-order valence-electron chi connectivity index (χ4n) is 1.13. The van der Waals surface area contributed by atoms with E-state index >= 15 is 0 Å². The molecule has 76 valence electrons. The highest BCUT2D eigenvalue weighted by Crippen LogP contribution is 2.09. The van der Waals surface area contributed by atoms with Crippen molar-refractivity contribution in [1.29, 1.82) is 0 Å². The first-order valence-electron chi connectivity index (χ1n) is 4.62. The van der Waals surface area contributed by atoms with Crippen molar-refractivity contribution in [3.05, 3.63) is 47.4 Å². The van der Waals surface area contributed by atoms with Gasteiger partial charge in [0.2, 0.25) is 0 Å². The highest BCUT2D eigenvalue weighted by atomic mass is 16.7. The fourth-order valence-corrected chi connectivity index (χ4v) is 1.13. The summed E-state index contributed by atoms with van der Waals surface area (Å²) in [5.41, 5.74) is 2.19. The van der Waals surface area contributed by atoms with Crippen molar-refractivity contribution in [2.45, 2.75) is 20.5 Å². The van der Waals surface area contributed by atoms with Crippen LogP contribution in [0.3, 0.4) is 0 Å². The summed E-state index contributed by atoms with van der Waals surface area (Å²) in [5, 5.41) is 0. The molecule has 2 nitrogen and oxygen atoms in total. The van der Waals surface area contributed by atoms with Gasteiger partial charge in [0.15, 0.2) is 0 Å². The monoisotopic (exact) mass is 192 g/mol. The van der Waals surface area contributed by atoms with Gasteiger partial charge in [-0.3, -0.25) is 0 Å². The van der Waals surface area contributed by atoms with Crippen molar-refractivity contribution < 1.29 is 9.47 Å². The predicted molar refractivity (Wildman–Crippen MR) is 56.6 cm³/mol. The number of hydrogen-bond acceptors (Lipinski definition) is 2. The molecule has 0 aromatic heterocycles. The van der Waals surface area contributed by atoms with Gasteiger partial charge in [0.25, 0.3) is 5.95 Å². The van der Waals surface area contributed by atoms with Crippen molar-refractivity contribution in [2.24, 2.45) is 0 Å². The number of hydrogen-bond donors (Lipinski definition) is 0. The van der Waals surface area contributed by atoms with Crippen LogP contribution in [0, 0.1) is 0 Å². The highest BCUT2D eigenvalue weighted by Gasteiger charge is 2.00. The lowest BCUT2D eigenvalue weighted by Gasteiger charge is -2.10. The van der Waals surface area contributed by atoms with Crippen LogP contribution in [-0.2, 0) is 16.1 Å². The van der Waals surface area contributed by atoms with E-state index in [1.54, 1.807) is 7.11 Å². The maximum absolute atomic E-state index is 5.50. The second-order valence-electron chi connectivity index (χ2n) is 3.27. The predicted octanol–water partition coefficient (Wildman–Crippen LogP) is 3.10. The molecule has 0 aliphatic rings. The molecule has 1 aromatic carbocycles. The summed E-state index contributed by atoms with van der Waals surface area (Å²) in [6, 6.07) is 10.0. The molecule has 0 atom stereocenters. The molecule has 0 radical (unpaired) electrons. The van der Waals surface area contributed by atoms with E-state index in [1.165, 1.54) is 0 Å². The third-order valence-corrected chi connectivity index (χ3v) is 1.81.